The normalized spacial score (nSPS) is 20.5. The summed E-state index contributed by atoms with van der Waals surface area (Å²) in [5.41, 5.74) is 0. The van der Waals surface area contributed by atoms with Crippen LogP contribution in [0.1, 0.15) is 25.7 Å². The summed E-state index contributed by atoms with van der Waals surface area (Å²) in [6.07, 6.45) is 0.124. The summed E-state index contributed by atoms with van der Waals surface area (Å²) < 4.78 is 29.7. The van der Waals surface area contributed by atoms with Crippen molar-refractivity contribution in [2.24, 2.45) is 5.92 Å². The molecule has 0 spiro atoms. The Morgan fingerprint density at radius 1 is 1.36 bits per heavy atom. The van der Waals surface area contributed by atoms with Gasteiger partial charge in [-0.05, 0) is 12.8 Å². The van der Waals surface area contributed by atoms with E-state index in [0.29, 0.717) is 0 Å². The lowest BCUT2D eigenvalue weighted by atomic mass is 9.87. The number of methoxy groups -OCH3 is 1. The molecule has 0 heterocycles. The number of carbonyl (C=O) groups excluding carboxylic acids is 2. The largest absolute Gasteiger partial charge is 0.469 e. The zero-order chi connectivity index (χ0) is 11.2. The van der Waals surface area contributed by atoms with E-state index < -0.39 is 5.92 Å². The van der Waals surface area contributed by atoms with Gasteiger partial charge < -0.3 is 9.53 Å². The maximum absolute atomic E-state index is 12.6. The highest BCUT2D eigenvalue weighted by molar-refractivity contribution is 5.72. The summed E-state index contributed by atoms with van der Waals surface area (Å²) in [4.78, 5) is 18.9. The molecule has 82 valence electrons. The fraction of sp³-hybridized carbons (Fsp3) is 0.778. The Bertz CT molecular complexity index is 184. The van der Waals surface area contributed by atoms with Crippen molar-refractivity contribution in [3.05, 3.63) is 0 Å². The van der Waals surface area contributed by atoms with Crippen LogP contribution in [0.5, 0.6) is 0 Å². The highest BCUT2D eigenvalue weighted by atomic mass is 19.3. The van der Waals surface area contributed by atoms with Gasteiger partial charge in [0.25, 0.3) is 0 Å². The fourth-order valence-corrected chi connectivity index (χ4v) is 1.44. The zero-order valence-electron chi connectivity index (χ0n) is 8.09. The van der Waals surface area contributed by atoms with Gasteiger partial charge in [0.05, 0.1) is 13.0 Å². The molecule has 0 unspecified atom stereocenters. The minimum absolute atomic E-state index is 0.188. The molecule has 0 radical (unpaired) electrons. The fourth-order valence-electron chi connectivity index (χ4n) is 1.44. The van der Waals surface area contributed by atoms with Gasteiger partial charge >= 0.3 is 5.97 Å². The van der Waals surface area contributed by atoms with Crippen LogP contribution in [0.2, 0.25) is 0 Å². The van der Waals surface area contributed by atoms with Gasteiger partial charge in [-0.2, -0.15) is 0 Å². The van der Waals surface area contributed by atoms with Crippen LogP contribution in [0.25, 0.3) is 0 Å². The molecule has 14 heavy (non-hydrogen) atoms. The number of esters is 1. The van der Waals surface area contributed by atoms with Crippen molar-refractivity contribution in [1.82, 2.24) is 0 Å². The van der Waals surface area contributed by atoms with E-state index in [1.165, 1.54) is 7.11 Å². The molecule has 5 heteroatoms. The van der Waals surface area contributed by atoms with Crippen molar-refractivity contribution >= 4 is 12.8 Å². The topological polar surface area (TPSA) is 43.4 Å². The zero-order valence-corrected chi connectivity index (χ0v) is 8.09. The smallest absolute Gasteiger partial charge is 0.308 e. The molecule has 0 aromatic rings. The molecule has 3 nitrogen and oxygen atoms in total. The second-order valence-corrected chi connectivity index (χ2v) is 3.15. The SMILES string of the molecule is C=O.COC(=O)C1CCC(F)(F)CC1. The quantitative estimate of drug-likeness (QED) is 0.617. The van der Waals surface area contributed by atoms with E-state index in [1.54, 1.807) is 0 Å². The third kappa shape index (κ3) is 3.81. The van der Waals surface area contributed by atoms with Crippen LogP contribution >= 0.6 is 0 Å². The molecule has 0 N–H and O–H groups in total. The first kappa shape index (κ1) is 13.0. The molecule has 1 fully saturated rings. The average Bonchev–Trinajstić information content (AvgIpc) is 2.20. The van der Waals surface area contributed by atoms with E-state index in [9.17, 15) is 13.6 Å². The Morgan fingerprint density at radius 3 is 2.14 bits per heavy atom. The Hall–Kier alpha value is -1.00. The molecule has 0 saturated heterocycles. The molecular weight excluding hydrogens is 194 g/mol. The molecule has 0 aromatic carbocycles. The van der Waals surface area contributed by atoms with Gasteiger partial charge in [-0.3, -0.25) is 4.79 Å². The van der Waals surface area contributed by atoms with Crippen LogP contribution in [0.4, 0.5) is 8.78 Å². The molecule has 0 aromatic heterocycles. The summed E-state index contributed by atoms with van der Waals surface area (Å²) in [5.74, 6) is -3.23. The van der Waals surface area contributed by atoms with Crippen LogP contribution in [0, 0.1) is 5.92 Å². The Kier molecular flexibility index (Phi) is 5.27. The van der Waals surface area contributed by atoms with E-state index in [0.717, 1.165) is 0 Å². The number of hydrogen-bond acceptors (Lipinski definition) is 3. The van der Waals surface area contributed by atoms with E-state index in [1.807, 2.05) is 6.79 Å². The van der Waals surface area contributed by atoms with Crippen LogP contribution in [-0.4, -0.2) is 25.8 Å². The lowest BCUT2D eigenvalue weighted by Gasteiger charge is -2.26. The Labute approximate surface area is 81.4 Å². The van der Waals surface area contributed by atoms with Crippen LogP contribution in [-0.2, 0) is 14.3 Å². The lowest BCUT2D eigenvalue weighted by molar-refractivity contribution is -0.149. The van der Waals surface area contributed by atoms with Crippen molar-refractivity contribution < 1.29 is 23.1 Å². The standard InChI is InChI=1S/C8H12F2O2.CH2O/c1-12-7(11)6-2-4-8(9,10)5-3-6;1-2/h6H,2-5H2,1H3;1H2. The summed E-state index contributed by atoms with van der Waals surface area (Å²) in [7, 11) is 1.29. The summed E-state index contributed by atoms with van der Waals surface area (Å²) in [5, 5.41) is 0. The molecule has 1 saturated carbocycles. The first-order chi connectivity index (χ1) is 6.55. The predicted octanol–water partition coefficient (Wildman–Crippen LogP) is 1.80. The number of carbonyl (C=O) groups is 2. The van der Waals surface area contributed by atoms with E-state index in [4.69, 9.17) is 4.79 Å². The average molecular weight is 208 g/mol. The first-order valence-corrected chi connectivity index (χ1v) is 4.30. The second-order valence-electron chi connectivity index (χ2n) is 3.15. The van der Waals surface area contributed by atoms with Crippen molar-refractivity contribution in [2.75, 3.05) is 7.11 Å². The minimum atomic E-state index is -2.56. The molecule has 1 rings (SSSR count). The van der Waals surface area contributed by atoms with E-state index >= 15 is 0 Å². The Balaban J connectivity index is 0.000000791. The number of ether oxygens (including phenoxy) is 1. The maximum atomic E-state index is 12.6. The van der Waals surface area contributed by atoms with Gasteiger partial charge in [0, 0.05) is 12.8 Å². The van der Waals surface area contributed by atoms with Gasteiger partial charge in [0.15, 0.2) is 0 Å². The van der Waals surface area contributed by atoms with E-state index in [2.05, 4.69) is 4.74 Å². The minimum Gasteiger partial charge on any atom is -0.469 e. The van der Waals surface area contributed by atoms with Crippen molar-refractivity contribution in [2.45, 2.75) is 31.6 Å². The molecule has 1 aliphatic rings. The number of hydrogen-bond donors (Lipinski definition) is 0. The highest BCUT2D eigenvalue weighted by Crippen LogP contribution is 2.36. The van der Waals surface area contributed by atoms with Crippen LogP contribution in [0.3, 0.4) is 0 Å². The third-order valence-electron chi connectivity index (χ3n) is 2.25. The van der Waals surface area contributed by atoms with Gasteiger partial charge in [-0.1, -0.05) is 0 Å². The maximum Gasteiger partial charge on any atom is 0.308 e. The molecule has 0 bridgehead atoms. The monoisotopic (exact) mass is 208 g/mol. The second kappa shape index (κ2) is 5.67. The summed E-state index contributed by atoms with van der Waals surface area (Å²) in [6, 6.07) is 0. The number of rotatable bonds is 1. The molecule has 0 aliphatic heterocycles. The van der Waals surface area contributed by atoms with Gasteiger partial charge in [0.2, 0.25) is 5.92 Å². The van der Waals surface area contributed by atoms with Gasteiger partial charge in [0.1, 0.15) is 6.79 Å². The first-order valence-electron chi connectivity index (χ1n) is 4.30. The van der Waals surface area contributed by atoms with Crippen LogP contribution < -0.4 is 0 Å². The van der Waals surface area contributed by atoms with Crippen molar-refractivity contribution in [3.8, 4) is 0 Å². The predicted molar refractivity (Wildman–Crippen MR) is 46.0 cm³/mol. The lowest BCUT2D eigenvalue weighted by Crippen LogP contribution is -2.29. The number of alkyl halides is 2. The van der Waals surface area contributed by atoms with Crippen molar-refractivity contribution in [1.29, 1.82) is 0 Å². The molecule has 1 aliphatic carbocycles. The summed E-state index contributed by atoms with van der Waals surface area (Å²) >= 11 is 0. The third-order valence-corrected chi connectivity index (χ3v) is 2.25. The summed E-state index contributed by atoms with van der Waals surface area (Å²) in [6.45, 7) is 2.00. The molecule has 0 amide bonds. The molecule has 0 atom stereocenters. The van der Waals surface area contributed by atoms with Gasteiger partial charge in [-0.15, -0.1) is 0 Å². The van der Waals surface area contributed by atoms with E-state index in [-0.39, 0.29) is 37.6 Å². The van der Waals surface area contributed by atoms with Gasteiger partial charge in [-0.25, -0.2) is 8.78 Å². The van der Waals surface area contributed by atoms with Crippen molar-refractivity contribution in [3.63, 3.8) is 0 Å². The highest BCUT2D eigenvalue weighted by Gasteiger charge is 2.37. The Morgan fingerprint density at radius 2 is 1.79 bits per heavy atom. The number of halogens is 2. The molecular formula is C9H14F2O3. The van der Waals surface area contributed by atoms with Crippen LogP contribution in [0.15, 0.2) is 0 Å².